The fraction of sp³-hybridized carbons (Fsp3) is 0.652. The van der Waals surface area contributed by atoms with Crippen molar-refractivity contribution in [1.29, 1.82) is 0 Å². The highest BCUT2D eigenvalue weighted by Crippen LogP contribution is 2.08. The third-order valence-corrected chi connectivity index (χ3v) is 4.52. The lowest BCUT2D eigenvalue weighted by atomic mass is 10.1. The van der Waals surface area contributed by atoms with Crippen molar-refractivity contribution in [1.82, 2.24) is 0 Å². The Hall–Kier alpha value is -1.84. The van der Waals surface area contributed by atoms with Crippen molar-refractivity contribution in [3.8, 4) is 0 Å². The number of esters is 2. The third kappa shape index (κ3) is 14.0. The number of unbranched alkanes of at least 4 members (excludes halogenated alkanes) is 7. The van der Waals surface area contributed by atoms with E-state index in [4.69, 9.17) is 9.47 Å². The maximum Gasteiger partial charge on any atom is 0.305 e. The van der Waals surface area contributed by atoms with Crippen LogP contribution in [0.3, 0.4) is 0 Å². The Morgan fingerprint density at radius 2 is 1.26 bits per heavy atom. The predicted molar refractivity (Wildman–Crippen MR) is 109 cm³/mol. The van der Waals surface area contributed by atoms with Crippen LogP contribution in [-0.2, 0) is 25.5 Å². The first-order valence-corrected chi connectivity index (χ1v) is 10.6. The number of hydrogen-bond acceptors (Lipinski definition) is 4. The molecule has 0 unspecified atom stereocenters. The molecule has 0 radical (unpaired) electrons. The molecule has 0 fully saturated rings. The summed E-state index contributed by atoms with van der Waals surface area (Å²) in [7, 11) is 0. The molecule has 0 spiro atoms. The highest BCUT2D eigenvalue weighted by atomic mass is 16.5. The lowest BCUT2D eigenvalue weighted by Gasteiger charge is -2.06. The predicted octanol–water partition coefficient (Wildman–Crippen LogP) is 5.63. The SMILES string of the molecule is CCCCCCCCCOC(=O)CCCCC(=O)OCCc1ccccc1. The Bertz CT molecular complexity index is 498. The summed E-state index contributed by atoms with van der Waals surface area (Å²) in [5.74, 6) is -0.346. The van der Waals surface area contributed by atoms with Crippen LogP contribution in [0.4, 0.5) is 0 Å². The molecule has 0 heterocycles. The second kappa shape index (κ2) is 16.3. The third-order valence-electron chi connectivity index (χ3n) is 4.52. The van der Waals surface area contributed by atoms with Gasteiger partial charge in [0, 0.05) is 19.3 Å². The lowest BCUT2D eigenvalue weighted by molar-refractivity contribution is -0.146. The van der Waals surface area contributed by atoms with Crippen molar-refractivity contribution >= 4 is 11.9 Å². The summed E-state index contributed by atoms with van der Waals surface area (Å²) in [5.41, 5.74) is 1.16. The van der Waals surface area contributed by atoms with E-state index >= 15 is 0 Å². The Morgan fingerprint density at radius 1 is 0.704 bits per heavy atom. The summed E-state index contributed by atoms with van der Waals surface area (Å²) in [6.45, 7) is 3.14. The summed E-state index contributed by atoms with van der Waals surface area (Å²) in [5, 5.41) is 0. The molecule has 1 aromatic rings. The number of rotatable bonds is 16. The molecule has 1 aromatic carbocycles. The summed E-state index contributed by atoms with van der Waals surface area (Å²) in [6.07, 6.45) is 11.3. The molecule has 0 aliphatic carbocycles. The van der Waals surface area contributed by atoms with Crippen LogP contribution in [0, 0.1) is 0 Å². The fourth-order valence-corrected chi connectivity index (χ4v) is 2.86. The molecule has 0 aromatic heterocycles. The molecule has 0 aliphatic heterocycles. The molecule has 0 saturated heterocycles. The quantitative estimate of drug-likeness (QED) is 0.277. The second-order valence-electron chi connectivity index (χ2n) is 7.00. The summed E-state index contributed by atoms with van der Waals surface area (Å²) < 4.78 is 10.5. The van der Waals surface area contributed by atoms with Crippen molar-refractivity contribution < 1.29 is 19.1 Å². The van der Waals surface area contributed by atoms with Gasteiger partial charge >= 0.3 is 11.9 Å². The topological polar surface area (TPSA) is 52.6 Å². The van der Waals surface area contributed by atoms with Crippen LogP contribution in [0.25, 0.3) is 0 Å². The molecule has 0 atom stereocenters. The van der Waals surface area contributed by atoms with Gasteiger partial charge in [0.1, 0.15) is 0 Å². The van der Waals surface area contributed by atoms with Gasteiger partial charge in [-0.25, -0.2) is 0 Å². The molecule has 4 nitrogen and oxygen atoms in total. The van der Waals surface area contributed by atoms with Gasteiger partial charge in [0.25, 0.3) is 0 Å². The Labute approximate surface area is 164 Å². The molecule has 0 aliphatic rings. The summed E-state index contributed by atoms with van der Waals surface area (Å²) >= 11 is 0. The lowest BCUT2D eigenvalue weighted by Crippen LogP contribution is -2.09. The van der Waals surface area contributed by atoms with E-state index in [0.29, 0.717) is 38.9 Å². The van der Waals surface area contributed by atoms with E-state index < -0.39 is 0 Å². The minimum Gasteiger partial charge on any atom is -0.466 e. The highest BCUT2D eigenvalue weighted by Gasteiger charge is 2.06. The van der Waals surface area contributed by atoms with Gasteiger partial charge < -0.3 is 9.47 Å². The smallest absolute Gasteiger partial charge is 0.305 e. The standard InChI is InChI=1S/C23H36O4/c1-2-3-4-5-6-7-13-19-26-22(24)16-11-12-17-23(25)27-20-18-21-14-9-8-10-15-21/h8-10,14-15H,2-7,11-13,16-20H2,1H3. The number of benzene rings is 1. The molecular formula is C23H36O4. The van der Waals surface area contributed by atoms with Crippen LogP contribution in [0.1, 0.15) is 83.1 Å². The monoisotopic (exact) mass is 376 g/mol. The van der Waals surface area contributed by atoms with Crippen molar-refractivity contribution in [3.63, 3.8) is 0 Å². The molecule has 27 heavy (non-hydrogen) atoms. The van der Waals surface area contributed by atoms with E-state index in [1.54, 1.807) is 0 Å². The molecule has 0 amide bonds. The van der Waals surface area contributed by atoms with E-state index in [1.165, 1.54) is 32.1 Å². The zero-order valence-corrected chi connectivity index (χ0v) is 16.9. The van der Waals surface area contributed by atoms with Crippen molar-refractivity contribution in [2.75, 3.05) is 13.2 Å². The number of hydrogen-bond donors (Lipinski definition) is 0. The van der Waals surface area contributed by atoms with Crippen LogP contribution < -0.4 is 0 Å². The zero-order valence-electron chi connectivity index (χ0n) is 16.9. The first kappa shape index (κ1) is 23.2. The zero-order chi connectivity index (χ0) is 19.6. The minimum absolute atomic E-state index is 0.154. The van der Waals surface area contributed by atoms with E-state index in [2.05, 4.69) is 6.92 Å². The van der Waals surface area contributed by atoms with Crippen LogP contribution in [0.2, 0.25) is 0 Å². The molecule has 0 saturated carbocycles. The number of ether oxygens (including phenoxy) is 2. The van der Waals surface area contributed by atoms with Gasteiger partial charge in [-0.2, -0.15) is 0 Å². The van der Waals surface area contributed by atoms with Crippen molar-refractivity contribution in [2.45, 2.75) is 84.0 Å². The van der Waals surface area contributed by atoms with Crippen LogP contribution in [0.15, 0.2) is 30.3 Å². The maximum atomic E-state index is 11.7. The van der Waals surface area contributed by atoms with E-state index in [9.17, 15) is 9.59 Å². The molecule has 0 bridgehead atoms. The molecular weight excluding hydrogens is 340 g/mol. The fourth-order valence-electron chi connectivity index (χ4n) is 2.86. The van der Waals surface area contributed by atoms with Gasteiger partial charge in [-0.15, -0.1) is 0 Å². The first-order valence-electron chi connectivity index (χ1n) is 10.6. The maximum absolute atomic E-state index is 11.7. The second-order valence-corrected chi connectivity index (χ2v) is 7.00. The summed E-state index contributed by atoms with van der Waals surface area (Å²) in [4.78, 5) is 23.3. The Kier molecular flexibility index (Phi) is 14.0. The van der Waals surface area contributed by atoms with E-state index in [-0.39, 0.29) is 11.9 Å². The largest absolute Gasteiger partial charge is 0.466 e. The van der Waals surface area contributed by atoms with Crippen LogP contribution >= 0.6 is 0 Å². The van der Waals surface area contributed by atoms with Gasteiger partial charge in [0.15, 0.2) is 0 Å². The van der Waals surface area contributed by atoms with Crippen LogP contribution in [0.5, 0.6) is 0 Å². The normalized spacial score (nSPS) is 10.6. The van der Waals surface area contributed by atoms with Gasteiger partial charge in [0.05, 0.1) is 13.2 Å². The number of carbonyl (C=O) groups is 2. The van der Waals surface area contributed by atoms with Gasteiger partial charge in [-0.3, -0.25) is 9.59 Å². The van der Waals surface area contributed by atoms with Gasteiger partial charge in [-0.05, 0) is 24.8 Å². The van der Waals surface area contributed by atoms with Gasteiger partial charge in [0.2, 0.25) is 0 Å². The highest BCUT2D eigenvalue weighted by molar-refractivity contribution is 5.70. The first-order chi connectivity index (χ1) is 13.2. The van der Waals surface area contributed by atoms with Gasteiger partial charge in [-0.1, -0.05) is 75.8 Å². The molecule has 1 rings (SSSR count). The molecule has 4 heteroatoms. The summed E-state index contributed by atoms with van der Waals surface area (Å²) in [6, 6.07) is 9.96. The average Bonchev–Trinajstić information content (AvgIpc) is 2.68. The minimum atomic E-state index is -0.192. The van der Waals surface area contributed by atoms with Crippen molar-refractivity contribution in [3.05, 3.63) is 35.9 Å². The van der Waals surface area contributed by atoms with Crippen LogP contribution in [-0.4, -0.2) is 25.2 Å². The van der Waals surface area contributed by atoms with Crippen molar-refractivity contribution in [2.24, 2.45) is 0 Å². The van der Waals surface area contributed by atoms with E-state index in [0.717, 1.165) is 24.8 Å². The van der Waals surface area contributed by atoms with E-state index in [1.807, 2.05) is 30.3 Å². The average molecular weight is 377 g/mol. The Morgan fingerprint density at radius 3 is 1.89 bits per heavy atom. The molecule has 152 valence electrons. The number of carbonyl (C=O) groups excluding carboxylic acids is 2. The Balaban J connectivity index is 1.88. The molecule has 0 N–H and O–H groups in total.